The molecule has 1 N–H and O–H groups in total. The van der Waals surface area contributed by atoms with Crippen LogP contribution in [0.5, 0.6) is 5.75 Å². The highest BCUT2D eigenvalue weighted by atomic mass is 35.5. The molecular formula is C19H16ClN3O3S. The molecule has 0 aliphatic heterocycles. The van der Waals surface area contributed by atoms with Crippen LogP contribution >= 0.6 is 23.4 Å². The number of rotatable bonds is 6. The molecule has 1 heterocycles. The minimum atomic E-state index is -0.269. The van der Waals surface area contributed by atoms with E-state index in [0.717, 1.165) is 17.4 Å². The monoisotopic (exact) mass is 401 g/mol. The topological polar surface area (TPSA) is 73.2 Å². The molecule has 0 bridgehead atoms. The maximum Gasteiger partial charge on any atom is 0.287 e. The van der Waals surface area contributed by atoms with Gasteiger partial charge in [-0.15, -0.1) is 0 Å². The van der Waals surface area contributed by atoms with Crippen molar-refractivity contribution in [1.29, 1.82) is 0 Å². The number of benzene rings is 2. The predicted octanol–water partition coefficient (Wildman–Crippen LogP) is 3.63. The molecule has 0 saturated heterocycles. The molecule has 27 heavy (non-hydrogen) atoms. The molecule has 0 unspecified atom stereocenters. The summed E-state index contributed by atoms with van der Waals surface area (Å²) in [6, 6.07) is 14.2. The summed E-state index contributed by atoms with van der Waals surface area (Å²) in [5.41, 5.74) is 1.02. The van der Waals surface area contributed by atoms with E-state index in [1.807, 2.05) is 30.3 Å². The van der Waals surface area contributed by atoms with Crippen molar-refractivity contribution in [3.8, 4) is 11.4 Å². The van der Waals surface area contributed by atoms with Gasteiger partial charge in [-0.05, 0) is 30.3 Å². The van der Waals surface area contributed by atoms with Crippen molar-refractivity contribution in [2.24, 2.45) is 0 Å². The fraction of sp³-hybridized carbons (Fsp3) is 0.105. The summed E-state index contributed by atoms with van der Waals surface area (Å²) in [5, 5.41) is 3.39. The normalized spacial score (nSPS) is 10.4. The van der Waals surface area contributed by atoms with E-state index in [2.05, 4.69) is 10.3 Å². The highest BCUT2D eigenvalue weighted by Crippen LogP contribution is 2.27. The maximum absolute atomic E-state index is 12.6. The van der Waals surface area contributed by atoms with Crippen LogP contribution in [0.25, 0.3) is 5.69 Å². The van der Waals surface area contributed by atoms with Crippen molar-refractivity contribution in [3.05, 3.63) is 76.3 Å². The van der Waals surface area contributed by atoms with E-state index in [9.17, 15) is 9.59 Å². The summed E-state index contributed by atoms with van der Waals surface area (Å²) in [6.07, 6.45) is 3.14. The van der Waals surface area contributed by atoms with E-state index in [4.69, 9.17) is 16.3 Å². The van der Waals surface area contributed by atoms with Gasteiger partial charge in [0.1, 0.15) is 5.75 Å². The van der Waals surface area contributed by atoms with Crippen molar-refractivity contribution < 1.29 is 9.53 Å². The van der Waals surface area contributed by atoms with Gasteiger partial charge < -0.3 is 10.1 Å². The Morgan fingerprint density at radius 1 is 1.26 bits per heavy atom. The Bertz CT molecular complexity index is 1010. The number of ether oxygens (including phenoxy) is 1. The summed E-state index contributed by atoms with van der Waals surface area (Å²) < 4.78 is 6.57. The zero-order chi connectivity index (χ0) is 19.2. The van der Waals surface area contributed by atoms with Crippen LogP contribution in [0.15, 0.2) is 70.7 Å². The number of hydrogen-bond acceptors (Lipinski definition) is 5. The zero-order valence-corrected chi connectivity index (χ0v) is 16.0. The molecule has 138 valence electrons. The molecule has 6 nitrogen and oxygen atoms in total. The Kier molecular flexibility index (Phi) is 6.16. The first-order valence-electron chi connectivity index (χ1n) is 7.98. The molecule has 0 aliphatic rings. The number of nitrogens with one attached hydrogen (secondary N) is 1. The van der Waals surface area contributed by atoms with Crippen molar-refractivity contribution in [3.63, 3.8) is 0 Å². The van der Waals surface area contributed by atoms with Gasteiger partial charge in [0.25, 0.3) is 5.56 Å². The summed E-state index contributed by atoms with van der Waals surface area (Å²) in [4.78, 5) is 28.8. The lowest BCUT2D eigenvalue weighted by molar-refractivity contribution is -0.113. The predicted molar refractivity (Wildman–Crippen MR) is 107 cm³/mol. The number of nitrogens with zero attached hydrogens (tertiary/aromatic N) is 2. The summed E-state index contributed by atoms with van der Waals surface area (Å²) >= 11 is 7.13. The number of carbonyl (C=O) groups is 1. The second-order valence-electron chi connectivity index (χ2n) is 5.43. The minimum Gasteiger partial charge on any atom is -0.495 e. The van der Waals surface area contributed by atoms with Gasteiger partial charge in [-0.2, -0.15) is 0 Å². The zero-order valence-electron chi connectivity index (χ0n) is 14.4. The number of carbonyl (C=O) groups excluding carboxylic acids is 1. The Morgan fingerprint density at radius 2 is 2.04 bits per heavy atom. The van der Waals surface area contributed by atoms with Gasteiger partial charge in [-0.1, -0.05) is 41.6 Å². The van der Waals surface area contributed by atoms with Crippen molar-refractivity contribution >= 4 is 35.0 Å². The van der Waals surface area contributed by atoms with Crippen molar-refractivity contribution in [1.82, 2.24) is 9.55 Å². The lowest BCUT2D eigenvalue weighted by Crippen LogP contribution is -2.22. The molecule has 0 atom stereocenters. The first-order valence-corrected chi connectivity index (χ1v) is 9.34. The lowest BCUT2D eigenvalue weighted by Gasteiger charge is -2.09. The molecular weight excluding hydrogens is 386 g/mol. The smallest absolute Gasteiger partial charge is 0.287 e. The second kappa shape index (κ2) is 8.75. The first-order chi connectivity index (χ1) is 13.1. The van der Waals surface area contributed by atoms with Crippen LogP contribution in [0.4, 0.5) is 5.69 Å². The van der Waals surface area contributed by atoms with Crippen LogP contribution in [0.1, 0.15) is 0 Å². The third-order valence-electron chi connectivity index (χ3n) is 3.62. The molecule has 8 heteroatoms. The second-order valence-corrected chi connectivity index (χ2v) is 6.80. The highest BCUT2D eigenvalue weighted by molar-refractivity contribution is 7.99. The molecule has 0 radical (unpaired) electrons. The van der Waals surface area contributed by atoms with Gasteiger partial charge >= 0.3 is 0 Å². The van der Waals surface area contributed by atoms with Gasteiger partial charge in [-0.25, -0.2) is 4.98 Å². The number of halogens is 1. The fourth-order valence-corrected chi connectivity index (χ4v) is 3.31. The SMILES string of the molecule is COc1ccc(NC(=O)CSc2nccn(-c3ccccc3)c2=O)cc1Cl. The van der Waals surface area contributed by atoms with E-state index in [1.165, 1.54) is 17.9 Å². The molecule has 0 saturated carbocycles. The molecule has 0 spiro atoms. The van der Waals surface area contributed by atoms with Gasteiger partial charge in [0.05, 0.1) is 17.9 Å². The molecule has 2 aromatic carbocycles. The molecule has 1 aromatic heterocycles. The molecule has 1 amide bonds. The molecule has 0 aliphatic carbocycles. The Labute approximate surface area is 165 Å². The third-order valence-corrected chi connectivity index (χ3v) is 4.87. The largest absolute Gasteiger partial charge is 0.495 e. The number of anilines is 1. The van der Waals surface area contributed by atoms with Crippen LogP contribution in [-0.2, 0) is 4.79 Å². The summed E-state index contributed by atoms with van der Waals surface area (Å²) in [5.74, 6) is 0.307. The standard InChI is InChI=1S/C19H16ClN3O3S/c1-26-16-8-7-13(11-15(16)20)22-17(24)12-27-18-19(25)23(10-9-21-18)14-5-3-2-4-6-14/h2-11H,12H2,1H3,(H,22,24). The van der Waals surface area contributed by atoms with Crippen molar-refractivity contribution in [2.45, 2.75) is 5.03 Å². The summed E-state index contributed by atoms with van der Waals surface area (Å²) in [7, 11) is 1.52. The van der Waals surface area contributed by atoms with Crippen LogP contribution in [0.3, 0.4) is 0 Å². The molecule has 3 rings (SSSR count). The number of methoxy groups -OCH3 is 1. The number of thioether (sulfide) groups is 1. The first kappa shape index (κ1) is 19.0. The fourth-order valence-electron chi connectivity index (χ4n) is 2.36. The number of hydrogen-bond donors (Lipinski definition) is 1. The number of amides is 1. The van der Waals surface area contributed by atoms with Gasteiger partial charge in [0.15, 0.2) is 5.03 Å². The Hall–Kier alpha value is -2.77. The van der Waals surface area contributed by atoms with E-state index in [-0.39, 0.29) is 22.2 Å². The van der Waals surface area contributed by atoms with Gasteiger partial charge in [0.2, 0.25) is 5.91 Å². The maximum atomic E-state index is 12.6. The average molecular weight is 402 g/mol. The van der Waals surface area contributed by atoms with Crippen LogP contribution in [-0.4, -0.2) is 28.3 Å². The lowest BCUT2D eigenvalue weighted by atomic mass is 10.3. The highest BCUT2D eigenvalue weighted by Gasteiger charge is 2.11. The van der Waals surface area contributed by atoms with E-state index >= 15 is 0 Å². The third kappa shape index (κ3) is 4.69. The Balaban J connectivity index is 1.67. The molecule has 0 fully saturated rings. The van der Waals surface area contributed by atoms with E-state index < -0.39 is 0 Å². The van der Waals surface area contributed by atoms with Crippen LogP contribution in [0, 0.1) is 0 Å². The van der Waals surface area contributed by atoms with Crippen molar-refractivity contribution in [2.75, 3.05) is 18.2 Å². The quantitative estimate of drug-likeness (QED) is 0.638. The van der Waals surface area contributed by atoms with Crippen LogP contribution < -0.4 is 15.6 Å². The molecule has 3 aromatic rings. The van der Waals surface area contributed by atoms with Gasteiger partial charge in [-0.3, -0.25) is 14.2 Å². The number of aromatic nitrogens is 2. The Morgan fingerprint density at radius 3 is 2.74 bits per heavy atom. The minimum absolute atomic E-state index is 0.0463. The van der Waals surface area contributed by atoms with Crippen LogP contribution in [0.2, 0.25) is 5.02 Å². The van der Waals surface area contributed by atoms with E-state index in [1.54, 1.807) is 24.4 Å². The average Bonchev–Trinajstić information content (AvgIpc) is 2.68. The number of para-hydroxylation sites is 1. The van der Waals surface area contributed by atoms with Gasteiger partial charge in [0, 0.05) is 23.8 Å². The summed E-state index contributed by atoms with van der Waals surface area (Å²) in [6.45, 7) is 0. The van der Waals surface area contributed by atoms with E-state index in [0.29, 0.717) is 16.5 Å².